The molecule has 120 valence electrons. The number of para-hydroxylation sites is 1. The molecule has 0 spiro atoms. The van der Waals surface area contributed by atoms with Gasteiger partial charge in [0.1, 0.15) is 11.4 Å². The van der Waals surface area contributed by atoms with Gasteiger partial charge >= 0.3 is 0 Å². The molecule has 0 unspecified atom stereocenters. The zero-order valence-electron chi connectivity index (χ0n) is 13.3. The van der Waals surface area contributed by atoms with E-state index in [0.717, 1.165) is 30.1 Å². The second kappa shape index (κ2) is 7.13. The number of methoxy groups -OCH3 is 1. The molecule has 2 aromatic rings. The monoisotopic (exact) mass is 311 g/mol. The fourth-order valence-electron chi connectivity index (χ4n) is 2.80. The molecule has 1 aromatic carbocycles. The van der Waals surface area contributed by atoms with E-state index in [2.05, 4.69) is 15.2 Å². The highest BCUT2D eigenvalue weighted by molar-refractivity contribution is 5.92. The second-order valence-corrected chi connectivity index (χ2v) is 5.59. The van der Waals surface area contributed by atoms with E-state index in [-0.39, 0.29) is 5.91 Å². The Morgan fingerprint density at radius 1 is 1.22 bits per heavy atom. The van der Waals surface area contributed by atoms with Crippen molar-refractivity contribution in [1.82, 2.24) is 10.3 Å². The summed E-state index contributed by atoms with van der Waals surface area (Å²) in [5.41, 5.74) is 2.46. The summed E-state index contributed by atoms with van der Waals surface area (Å²) in [5.74, 6) is 0.592. The Bertz CT molecular complexity index is 664. The molecule has 23 heavy (non-hydrogen) atoms. The lowest BCUT2D eigenvalue weighted by atomic mass is 10.2. The fraction of sp³-hybridized carbons (Fsp3) is 0.333. The molecule has 0 bridgehead atoms. The van der Waals surface area contributed by atoms with Gasteiger partial charge in [0.05, 0.1) is 19.0 Å². The Kier molecular flexibility index (Phi) is 4.76. The Morgan fingerprint density at radius 3 is 2.70 bits per heavy atom. The summed E-state index contributed by atoms with van der Waals surface area (Å²) < 4.78 is 5.28. The van der Waals surface area contributed by atoms with E-state index < -0.39 is 0 Å². The molecule has 0 radical (unpaired) electrons. The predicted octanol–water partition coefficient (Wildman–Crippen LogP) is 2.62. The highest BCUT2D eigenvalue weighted by Gasteiger charge is 2.14. The third-order valence-corrected chi connectivity index (χ3v) is 4.08. The van der Waals surface area contributed by atoms with Crippen LogP contribution in [0.25, 0.3) is 0 Å². The number of benzene rings is 1. The highest BCUT2D eigenvalue weighted by atomic mass is 16.5. The molecule has 1 N–H and O–H groups in total. The molecular formula is C18H21N3O2. The van der Waals surface area contributed by atoms with Gasteiger partial charge in [-0.15, -0.1) is 0 Å². The average Bonchev–Trinajstić information content (AvgIpc) is 3.14. The van der Waals surface area contributed by atoms with Crippen molar-refractivity contribution in [3.05, 3.63) is 53.9 Å². The van der Waals surface area contributed by atoms with Crippen molar-refractivity contribution in [1.29, 1.82) is 0 Å². The minimum atomic E-state index is -0.177. The number of rotatable bonds is 5. The normalized spacial score (nSPS) is 13.9. The van der Waals surface area contributed by atoms with E-state index in [1.807, 2.05) is 30.3 Å². The fourth-order valence-corrected chi connectivity index (χ4v) is 2.80. The van der Waals surface area contributed by atoms with Gasteiger partial charge in [0.15, 0.2) is 0 Å². The molecule has 1 fully saturated rings. The largest absolute Gasteiger partial charge is 0.496 e. The maximum absolute atomic E-state index is 12.2. The third-order valence-electron chi connectivity index (χ3n) is 4.08. The smallest absolute Gasteiger partial charge is 0.270 e. The van der Waals surface area contributed by atoms with Gasteiger partial charge in [-0.2, -0.15) is 0 Å². The zero-order valence-corrected chi connectivity index (χ0v) is 13.3. The Morgan fingerprint density at radius 2 is 2.00 bits per heavy atom. The van der Waals surface area contributed by atoms with Crippen molar-refractivity contribution in [2.24, 2.45) is 0 Å². The van der Waals surface area contributed by atoms with Gasteiger partial charge in [0, 0.05) is 25.2 Å². The van der Waals surface area contributed by atoms with Crippen LogP contribution in [0.2, 0.25) is 0 Å². The molecule has 0 atom stereocenters. The Labute approximate surface area is 136 Å². The van der Waals surface area contributed by atoms with E-state index in [9.17, 15) is 4.79 Å². The second-order valence-electron chi connectivity index (χ2n) is 5.59. The van der Waals surface area contributed by atoms with Gasteiger partial charge in [0.2, 0.25) is 0 Å². The Hall–Kier alpha value is -2.56. The summed E-state index contributed by atoms with van der Waals surface area (Å²) in [5, 5.41) is 2.88. The lowest BCUT2D eigenvalue weighted by molar-refractivity contribution is 0.0945. The molecule has 5 nitrogen and oxygen atoms in total. The number of ether oxygens (including phenoxy) is 1. The van der Waals surface area contributed by atoms with E-state index in [0.29, 0.717) is 12.2 Å². The minimum absolute atomic E-state index is 0.177. The third kappa shape index (κ3) is 3.62. The van der Waals surface area contributed by atoms with Crippen molar-refractivity contribution in [3.63, 3.8) is 0 Å². The first-order valence-corrected chi connectivity index (χ1v) is 7.89. The van der Waals surface area contributed by atoms with Crippen LogP contribution in [-0.2, 0) is 6.54 Å². The number of nitrogens with one attached hydrogen (secondary N) is 1. The number of pyridine rings is 1. The van der Waals surface area contributed by atoms with Gasteiger partial charge in [-0.1, -0.05) is 18.2 Å². The number of carbonyl (C=O) groups excluding carboxylic acids is 1. The quantitative estimate of drug-likeness (QED) is 0.922. The first-order valence-electron chi connectivity index (χ1n) is 7.89. The van der Waals surface area contributed by atoms with E-state index >= 15 is 0 Å². The van der Waals surface area contributed by atoms with Gasteiger partial charge in [0.25, 0.3) is 5.91 Å². The highest BCUT2D eigenvalue weighted by Crippen LogP contribution is 2.19. The first kappa shape index (κ1) is 15.3. The number of nitrogens with zero attached hydrogens (tertiary/aromatic N) is 2. The molecular weight excluding hydrogens is 290 g/mol. The summed E-state index contributed by atoms with van der Waals surface area (Å²) in [6.45, 7) is 2.56. The topological polar surface area (TPSA) is 54.5 Å². The van der Waals surface area contributed by atoms with Crippen molar-refractivity contribution in [3.8, 4) is 5.75 Å². The molecule has 1 aliphatic heterocycles. The van der Waals surface area contributed by atoms with Crippen LogP contribution in [0.3, 0.4) is 0 Å². The van der Waals surface area contributed by atoms with E-state index in [1.165, 1.54) is 12.8 Å². The molecule has 5 heteroatoms. The van der Waals surface area contributed by atoms with E-state index in [4.69, 9.17) is 4.74 Å². The van der Waals surface area contributed by atoms with Crippen LogP contribution < -0.4 is 15.0 Å². The summed E-state index contributed by atoms with van der Waals surface area (Å²) in [6, 6.07) is 11.4. The number of hydrogen-bond acceptors (Lipinski definition) is 4. The summed E-state index contributed by atoms with van der Waals surface area (Å²) in [4.78, 5) is 18.8. The predicted molar refractivity (Wildman–Crippen MR) is 89.8 cm³/mol. The summed E-state index contributed by atoms with van der Waals surface area (Å²) in [6.07, 6.45) is 4.23. The van der Waals surface area contributed by atoms with Crippen LogP contribution in [0.1, 0.15) is 28.9 Å². The van der Waals surface area contributed by atoms with Crippen LogP contribution in [0.15, 0.2) is 42.6 Å². The van der Waals surface area contributed by atoms with Crippen LogP contribution in [0, 0.1) is 0 Å². The van der Waals surface area contributed by atoms with Crippen LogP contribution >= 0.6 is 0 Å². The Balaban J connectivity index is 1.61. The molecule has 2 heterocycles. The maximum Gasteiger partial charge on any atom is 0.270 e. The van der Waals surface area contributed by atoms with Crippen molar-refractivity contribution >= 4 is 11.6 Å². The molecule has 1 aliphatic rings. The first-order chi connectivity index (χ1) is 11.3. The van der Waals surface area contributed by atoms with Crippen LogP contribution in [-0.4, -0.2) is 31.1 Å². The van der Waals surface area contributed by atoms with Crippen molar-refractivity contribution < 1.29 is 9.53 Å². The molecule has 3 rings (SSSR count). The minimum Gasteiger partial charge on any atom is -0.496 e. The lowest BCUT2D eigenvalue weighted by Crippen LogP contribution is -2.24. The number of aromatic nitrogens is 1. The zero-order chi connectivity index (χ0) is 16.1. The molecule has 0 saturated carbocycles. The maximum atomic E-state index is 12.2. The number of anilines is 1. The van der Waals surface area contributed by atoms with Crippen molar-refractivity contribution in [2.45, 2.75) is 19.4 Å². The standard InChI is InChI=1S/C18H21N3O2/c1-23-17-7-3-2-6-14(17)12-20-18(22)16-9-8-15(13-19-16)21-10-4-5-11-21/h2-3,6-9,13H,4-5,10-12H2,1H3,(H,20,22). The SMILES string of the molecule is COc1ccccc1CNC(=O)c1ccc(N2CCCC2)cn1. The number of hydrogen-bond donors (Lipinski definition) is 1. The molecule has 1 saturated heterocycles. The van der Waals surface area contributed by atoms with E-state index in [1.54, 1.807) is 19.4 Å². The number of amides is 1. The van der Waals surface area contributed by atoms with Gasteiger partial charge < -0.3 is 15.0 Å². The van der Waals surface area contributed by atoms with Crippen LogP contribution in [0.5, 0.6) is 5.75 Å². The summed E-state index contributed by atoms with van der Waals surface area (Å²) >= 11 is 0. The van der Waals surface area contributed by atoms with Crippen LogP contribution in [0.4, 0.5) is 5.69 Å². The number of carbonyl (C=O) groups is 1. The van der Waals surface area contributed by atoms with Crippen molar-refractivity contribution in [2.75, 3.05) is 25.1 Å². The van der Waals surface area contributed by atoms with Gasteiger partial charge in [-0.05, 0) is 31.0 Å². The van der Waals surface area contributed by atoms with Gasteiger partial charge in [-0.3, -0.25) is 4.79 Å². The average molecular weight is 311 g/mol. The molecule has 0 aliphatic carbocycles. The lowest BCUT2D eigenvalue weighted by Gasteiger charge is -2.17. The summed E-state index contributed by atoms with van der Waals surface area (Å²) in [7, 11) is 1.62. The molecule has 1 amide bonds. The molecule has 1 aromatic heterocycles. The van der Waals surface area contributed by atoms with Gasteiger partial charge in [-0.25, -0.2) is 4.98 Å².